The largest absolute Gasteiger partial charge is 2.00 e. The molecule has 0 aliphatic rings. The molecule has 0 aromatic carbocycles. The predicted octanol–water partition coefficient (Wildman–Crippen LogP) is -2.37. The average molecular weight is 293 g/mol. The first-order chi connectivity index (χ1) is 3.46. The number of hydrogen-bond acceptors (Lipinski definition) is 4. The summed E-state index contributed by atoms with van der Waals surface area (Å²) in [6.45, 7) is 1.94. The van der Waals surface area contributed by atoms with Crippen molar-refractivity contribution in [1.29, 1.82) is 0 Å². The zero-order valence-electron chi connectivity index (χ0n) is 6.36. The van der Waals surface area contributed by atoms with Crippen molar-refractivity contribution in [1.82, 2.24) is 0 Å². The molecule has 11 heavy (non-hydrogen) atoms. The molecule has 7 heteroatoms. The first kappa shape index (κ1) is 30.0. The third-order valence-electron chi connectivity index (χ3n) is 0. The van der Waals surface area contributed by atoms with Gasteiger partial charge in [0.05, 0.1) is 0 Å². The van der Waals surface area contributed by atoms with Crippen molar-refractivity contribution in [3.63, 3.8) is 0 Å². The Morgan fingerprint density at radius 1 is 0.909 bits per heavy atom. The monoisotopic (exact) mass is 292 g/mol. The fourth-order valence-corrected chi connectivity index (χ4v) is 0. The van der Waals surface area contributed by atoms with Gasteiger partial charge in [0.15, 0.2) is 0 Å². The van der Waals surface area contributed by atoms with E-state index in [0.29, 0.717) is 0 Å². The molecular weight excluding hydrogens is 280 g/mol. The molecule has 2 atom stereocenters. The van der Waals surface area contributed by atoms with E-state index in [1.165, 1.54) is 0 Å². The summed E-state index contributed by atoms with van der Waals surface area (Å²) in [6.07, 6.45) is 0. The van der Waals surface area contributed by atoms with Gasteiger partial charge in [-0.3, -0.25) is 0 Å². The average Bonchev–Trinajstić information content (AvgIpc) is 1.25. The van der Waals surface area contributed by atoms with Crippen molar-refractivity contribution in [3.05, 3.63) is 0 Å². The van der Waals surface area contributed by atoms with Gasteiger partial charge in [-0.05, 0) is 13.8 Å². The minimum atomic E-state index is -1.08. The van der Waals surface area contributed by atoms with Crippen molar-refractivity contribution >= 4 is 31.7 Å². The van der Waals surface area contributed by atoms with Crippen molar-refractivity contribution < 1.29 is 40.2 Å². The summed E-state index contributed by atoms with van der Waals surface area (Å²) in [5.41, 5.74) is 0. The Bertz CT molecular complexity index is 78.1. The van der Waals surface area contributed by atoms with E-state index in [2.05, 4.69) is 0 Å². The molecule has 0 heterocycles. The Kier molecular flexibility index (Phi) is 61.3. The molecule has 0 aliphatic heterocycles. The van der Waals surface area contributed by atoms with Crippen LogP contribution in [-0.2, 0) is 30.0 Å². The van der Waals surface area contributed by atoms with Gasteiger partial charge in [-0.2, -0.15) is 19.8 Å². The molecule has 0 saturated heterocycles. The minimum absolute atomic E-state index is 0. The number of hydrogen-bond donors (Lipinski definition) is 0. The van der Waals surface area contributed by atoms with E-state index < -0.39 is 11.9 Å². The van der Waals surface area contributed by atoms with Crippen LogP contribution in [0.3, 0.4) is 0 Å². The molecule has 0 rings (SSSR count). The van der Waals surface area contributed by atoms with Gasteiger partial charge < -0.3 is 19.8 Å². The van der Waals surface area contributed by atoms with Gasteiger partial charge in [0.1, 0.15) is 0 Å². The van der Waals surface area contributed by atoms with Crippen molar-refractivity contribution in [2.75, 3.05) is 0 Å². The Morgan fingerprint density at radius 3 is 0.909 bits per heavy atom. The van der Waals surface area contributed by atoms with Crippen molar-refractivity contribution in [2.45, 2.75) is 13.8 Å². The van der Waals surface area contributed by atoms with Gasteiger partial charge in [0.2, 0.25) is 0 Å². The molecule has 0 amide bonds. The van der Waals surface area contributed by atoms with E-state index in [1.807, 2.05) is 0 Å². The molecule has 0 radical (unpaired) electrons. The van der Waals surface area contributed by atoms with Gasteiger partial charge in [-0.15, -0.1) is 0 Å². The smallest absolute Gasteiger partial charge is 0.550 e. The summed E-state index contributed by atoms with van der Waals surface area (Å²) >= 11 is 0. The fraction of sp³-hybridized carbons (Fsp3) is 0.500. The van der Waals surface area contributed by atoms with Crippen LogP contribution in [-0.4, -0.2) is 11.9 Å². The van der Waals surface area contributed by atoms with E-state index in [1.54, 1.807) is 0 Å². The summed E-state index contributed by atoms with van der Waals surface area (Å²) in [5, 5.41) is 17.8. The van der Waals surface area contributed by atoms with Gasteiger partial charge in [0, 0.05) is 11.9 Å². The first-order valence-electron chi connectivity index (χ1n) is 1.82. The maximum atomic E-state index is 8.89. The summed E-state index contributed by atoms with van der Waals surface area (Å²) in [7, 11) is 0. The number of carbonyl (C=O) groups excluding carboxylic acids is 2. The molecule has 0 N–H and O–H groups in total. The second-order valence-corrected chi connectivity index (χ2v) is 0.983. The van der Waals surface area contributed by atoms with Crippen LogP contribution in [0.15, 0.2) is 0 Å². The third kappa shape index (κ3) is 3510. The molecule has 0 spiro atoms. The molecular formula is C4H12O4P2Pd. The van der Waals surface area contributed by atoms with Crippen molar-refractivity contribution in [3.8, 4) is 0 Å². The second-order valence-electron chi connectivity index (χ2n) is 0.983. The van der Waals surface area contributed by atoms with Crippen LogP contribution in [0.25, 0.3) is 0 Å². The van der Waals surface area contributed by atoms with Crippen molar-refractivity contribution in [2.24, 2.45) is 0 Å². The molecule has 0 fully saturated rings. The zero-order chi connectivity index (χ0) is 7.15. The van der Waals surface area contributed by atoms with Crippen LogP contribution in [0.2, 0.25) is 0 Å². The van der Waals surface area contributed by atoms with E-state index in [9.17, 15) is 0 Å². The van der Waals surface area contributed by atoms with E-state index in [4.69, 9.17) is 19.8 Å². The Balaban J connectivity index is -0.0000000171. The van der Waals surface area contributed by atoms with Crippen LogP contribution in [0.5, 0.6) is 0 Å². The number of carbonyl (C=O) groups is 2. The van der Waals surface area contributed by atoms with Gasteiger partial charge in [-0.25, -0.2) is 0 Å². The number of carboxylic acids is 2. The Hall–Kier alpha value is 0.462. The fourth-order valence-electron chi connectivity index (χ4n) is 0. The summed E-state index contributed by atoms with van der Waals surface area (Å²) in [5.74, 6) is -2.17. The summed E-state index contributed by atoms with van der Waals surface area (Å²) in [4.78, 5) is 17.8. The zero-order valence-corrected chi connectivity index (χ0v) is 10.7. The molecule has 4 nitrogen and oxygen atoms in total. The maximum absolute atomic E-state index is 8.89. The summed E-state index contributed by atoms with van der Waals surface area (Å²) in [6, 6.07) is 0. The number of rotatable bonds is 0. The molecule has 72 valence electrons. The van der Waals surface area contributed by atoms with E-state index in [0.717, 1.165) is 13.8 Å². The molecule has 0 saturated carbocycles. The van der Waals surface area contributed by atoms with Crippen LogP contribution < -0.4 is 10.2 Å². The Morgan fingerprint density at radius 2 is 0.909 bits per heavy atom. The van der Waals surface area contributed by atoms with Crippen LogP contribution in [0.4, 0.5) is 0 Å². The van der Waals surface area contributed by atoms with E-state index >= 15 is 0 Å². The first-order valence-corrected chi connectivity index (χ1v) is 1.82. The molecule has 0 bridgehead atoms. The van der Waals surface area contributed by atoms with E-state index in [-0.39, 0.29) is 40.2 Å². The molecule has 0 aromatic rings. The number of aliphatic carboxylic acids is 2. The van der Waals surface area contributed by atoms with Gasteiger partial charge in [-0.1, -0.05) is 0 Å². The molecule has 0 aromatic heterocycles. The van der Waals surface area contributed by atoms with Gasteiger partial charge >= 0.3 is 20.4 Å². The maximum Gasteiger partial charge on any atom is 2.00 e. The summed E-state index contributed by atoms with van der Waals surface area (Å²) < 4.78 is 0. The van der Waals surface area contributed by atoms with Crippen LogP contribution in [0, 0.1) is 0 Å². The third-order valence-corrected chi connectivity index (χ3v) is 0. The topological polar surface area (TPSA) is 80.3 Å². The molecule has 0 aliphatic carbocycles. The standard InChI is InChI=1S/2C2H4O2.2H3P.Pd/c2*1-2(3)4;;;/h2*1H3,(H,3,4);2*1H3;/q;;;;+2/p-2. The minimum Gasteiger partial charge on any atom is -0.550 e. The SMILES string of the molecule is CC(=O)[O-].CC(=O)[O-].P.P.[Pd+2]. The van der Waals surface area contributed by atoms with Crippen LogP contribution >= 0.6 is 19.8 Å². The molecule has 2 unspecified atom stereocenters. The number of carboxylic acid groups (broad SMARTS) is 2. The normalized spacial score (nSPS) is 4.55. The van der Waals surface area contributed by atoms with Crippen LogP contribution in [0.1, 0.15) is 13.8 Å². The quantitative estimate of drug-likeness (QED) is 0.369. The van der Waals surface area contributed by atoms with Gasteiger partial charge in [0.25, 0.3) is 0 Å². The second kappa shape index (κ2) is 22.4. The predicted molar refractivity (Wildman–Crippen MR) is 43.6 cm³/mol. The Labute approximate surface area is 86.0 Å².